The fourth-order valence-electron chi connectivity index (χ4n) is 3.47. The first-order valence-electron chi connectivity index (χ1n) is 11.2. The van der Waals surface area contributed by atoms with Crippen LogP contribution in [0.2, 0.25) is 0 Å². The van der Waals surface area contributed by atoms with Gasteiger partial charge in [0.2, 0.25) is 0 Å². The van der Waals surface area contributed by atoms with Gasteiger partial charge in [0.25, 0.3) is 0 Å². The zero-order valence-corrected chi connectivity index (χ0v) is 20.0. The number of nitrogens with zero attached hydrogens (tertiary/aromatic N) is 1. The third-order valence-corrected chi connectivity index (χ3v) is 4.93. The second-order valence-corrected chi connectivity index (χ2v) is 9.05. The van der Waals surface area contributed by atoms with Gasteiger partial charge in [-0.25, -0.2) is 4.79 Å². The molecule has 0 bridgehead atoms. The Morgan fingerprint density at radius 3 is 2.43 bits per heavy atom. The van der Waals surface area contributed by atoms with Crippen LogP contribution in [0.3, 0.4) is 0 Å². The molecule has 0 atom stereocenters. The summed E-state index contributed by atoms with van der Waals surface area (Å²) in [5, 5.41) is 21.4. The van der Waals surface area contributed by atoms with Gasteiger partial charge in [-0.3, -0.25) is 4.79 Å². The number of carboxylic acid groups (broad SMARTS) is 1. The van der Waals surface area contributed by atoms with E-state index in [9.17, 15) is 14.9 Å². The number of ether oxygens (including phenoxy) is 2. The molecule has 7 nitrogen and oxygen atoms in total. The molecule has 0 saturated heterocycles. The average Bonchev–Trinajstić information content (AvgIpc) is 2.81. The molecule has 0 aliphatic carbocycles. The summed E-state index contributed by atoms with van der Waals surface area (Å²) in [6.07, 6.45) is -0.624. The third kappa shape index (κ3) is 7.90. The van der Waals surface area contributed by atoms with Crippen molar-refractivity contribution in [3.05, 3.63) is 89.0 Å². The lowest BCUT2D eigenvalue weighted by Gasteiger charge is -2.19. The number of para-hydroxylation sites is 1. The van der Waals surface area contributed by atoms with Gasteiger partial charge in [0.05, 0.1) is 18.1 Å². The zero-order chi connectivity index (χ0) is 25.4. The normalized spacial score (nSPS) is 10.8. The molecule has 7 heteroatoms. The first-order valence-corrected chi connectivity index (χ1v) is 11.2. The summed E-state index contributed by atoms with van der Waals surface area (Å²) in [5.74, 6) is -0.440. The summed E-state index contributed by atoms with van der Waals surface area (Å²) >= 11 is 0. The lowest BCUT2D eigenvalue weighted by Crippen LogP contribution is -2.32. The predicted molar refractivity (Wildman–Crippen MR) is 132 cm³/mol. The van der Waals surface area contributed by atoms with Gasteiger partial charge in [0.15, 0.2) is 0 Å². The zero-order valence-electron chi connectivity index (χ0n) is 20.0. The second-order valence-electron chi connectivity index (χ2n) is 9.05. The van der Waals surface area contributed by atoms with Gasteiger partial charge in [-0.05, 0) is 73.4 Å². The van der Waals surface area contributed by atoms with E-state index in [1.165, 1.54) is 0 Å². The lowest BCUT2D eigenvalue weighted by atomic mass is 9.98. The van der Waals surface area contributed by atoms with Gasteiger partial charge in [-0.15, -0.1) is 0 Å². The fraction of sp³-hybridized carbons (Fsp3) is 0.250. The van der Waals surface area contributed by atoms with Crippen molar-refractivity contribution in [1.29, 1.82) is 5.26 Å². The maximum Gasteiger partial charge on any atom is 0.407 e. The van der Waals surface area contributed by atoms with Crippen molar-refractivity contribution in [2.45, 2.75) is 45.9 Å². The van der Waals surface area contributed by atoms with E-state index in [2.05, 4.69) is 11.4 Å². The SMILES string of the molecule is CC(C)(C)OC(=O)NCc1cccc(-c2cc(C#N)cc(COc3ccccc3CC(=O)O)c2)c1. The van der Waals surface area contributed by atoms with Crippen molar-refractivity contribution in [3.8, 4) is 22.9 Å². The van der Waals surface area contributed by atoms with E-state index < -0.39 is 17.7 Å². The summed E-state index contributed by atoms with van der Waals surface area (Å²) in [5.41, 5.74) is 3.88. The molecule has 180 valence electrons. The molecule has 0 aliphatic rings. The highest BCUT2D eigenvalue weighted by Gasteiger charge is 2.16. The molecule has 3 aromatic rings. The largest absolute Gasteiger partial charge is 0.489 e. The number of hydrogen-bond donors (Lipinski definition) is 2. The molecule has 3 aromatic carbocycles. The molecule has 0 fully saturated rings. The molecule has 35 heavy (non-hydrogen) atoms. The number of benzene rings is 3. The molecule has 0 radical (unpaired) electrons. The average molecular weight is 473 g/mol. The van der Waals surface area contributed by atoms with Crippen LogP contribution >= 0.6 is 0 Å². The van der Waals surface area contributed by atoms with Crippen molar-refractivity contribution in [3.63, 3.8) is 0 Å². The Bertz CT molecular complexity index is 1250. The number of amides is 1. The Hall–Kier alpha value is -4.31. The maximum absolute atomic E-state index is 12.0. The van der Waals surface area contributed by atoms with E-state index in [0.717, 1.165) is 22.3 Å². The van der Waals surface area contributed by atoms with Crippen LogP contribution in [0, 0.1) is 11.3 Å². The first-order chi connectivity index (χ1) is 16.6. The monoisotopic (exact) mass is 472 g/mol. The smallest absolute Gasteiger partial charge is 0.407 e. The highest BCUT2D eigenvalue weighted by atomic mass is 16.6. The highest BCUT2D eigenvalue weighted by Crippen LogP contribution is 2.25. The summed E-state index contributed by atoms with van der Waals surface area (Å²) < 4.78 is 11.2. The van der Waals surface area contributed by atoms with E-state index in [1.807, 2.05) is 30.3 Å². The van der Waals surface area contributed by atoms with Crippen molar-refractivity contribution in [1.82, 2.24) is 5.32 Å². The van der Waals surface area contributed by atoms with E-state index >= 15 is 0 Å². The molecular weight excluding hydrogens is 444 g/mol. The summed E-state index contributed by atoms with van der Waals surface area (Å²) in [4.78, 5) is 23.1. The molecule has 0 saturated carbocycles. The second kappa shape index (κ2) is 11.2. The standard InChI is InChI=1S/C28H28N2O5/c1-28(2,3)35-27(33)30-17-19-7-6-9-22(12-19)24-13-20(16-29)11-21(14-24)18-34-25-10-5-4-8-23(25)15-26(31)32/h4-14H,15,17-18H2,1-3H3,(H,30,33)(H,31,32). The van der Waals surface area contributed by atoms with Crippen LogP contribution in [0.15, 0.2) is 66.7 Å². The Morgan fingerprint density at radius 1 is 0.971 bits per heavy atom. The summed E-state index contributed by atoms with van der Waals surface area (Å²) in [6.45, 7) is 5.90. The van der Waals surface area contributed by atoms with E-state index in [4.69, 9.17) is 14.6 Å². The van der Waals surface area contributed by atoms with Crippen molar-refractivity contribution in [2.75, 3.05) is 0 Å². The molecular formula is C28H28N2O5. The van der Waals surface area contributed by atoms with Crippen molar-refractivity contribution >= 4 is 12.1 Å². The number of nitriles is 1. The van der Waals surface area contributed by atoms with Crippen LogP contribution in [-0.2, 0) is 29.1 Å². The molecule has 0 spiro atoms. The van der Waals surface area contributed by atoms with Gasteiger partial charge >= 0.3 is 12.1 Å². The van der Waals surface area contributed by atoms with E-state index in [-0.39, 0.29) is 13.0 Å². The first kappa shape index (κ1) is 25.3. The molecule has 2 N–H and O–H groups in total. The van der Waals surface area contributed by atoms with Crippen LogP contribution in [0.25, 0.3) is 11.1 Å². The number of carbonyl (C=O) groups is 2. The minimum absolute atomic E-state index is 0.135. The molecule has 0 unspecified atom stereocenters. The van der Waals surface area contributed by atoms with Gasteiger partial charge < -0.3 is 19.9 Å². The molecule has 3 rings (SSSR count). The van der Waals surface area contributed by atoms with E-state index in [0.29, 0.717) is 23.4 Å². The summed E-state index contributed by atoms with van der Waals surface area (Å²) in [7, 11) is 0. The number of carboxylic acids is 1. The van der Waals surface area contributed by atoms with Crippen LogP contribution < -0.4 is 10.1 Å². The number of rotatable bonds is 8. The Kier molecular flexibility index (Phi) is 8.11. The topological polar surface area (TPSA) is 109 Å². The number of aliphatic carboxylic acids is 1. The Morgan fingerprint density at radius 2 is 1.71 bits per heavy atom. The number of alkyl carbamates (subject to hydrolysis) is 1. The van der Waals surface area contributed by atoms with Gasteiger partial charge in [0.1, 0.15) is 18.0 Å². The van der Waals surface area contributed by atoms with Crippen molar-refractivity contribution in [2.24, 2.45) is 0 Å². The van der Waals surface area contributed by atoms with Gasteiger partial charge in [-0.1, -0.05) is 36.4 Å². The number of carbonyl (C=O) groups excluding carboxylic acids is 1. The highest BCUT2D eigenvalue weighted by molar-refractivity contribution is 5.71. The van der Waals surface area contributed by atoms with Crippen LogP contribution in [0.1, 0.15) is 43.0 Å². The lowest BCUT2D eigenvalue weighted by molar-refractivity contribution is -0.136. The molecule has 0 aromatic heterocycles. The summed E-state index contributed by atoms with van der Waals surface area (Å²) in [6, 6.07) is 22.3. The molecule has 0 heterocycles. The minimum Gasteiger partial charge on any atom is -0.489 e. The number of hydrogen-bond acceptors (Lipinski definition) is 5. The maximum atomic E-state index is 12.0. The van der Waals surface area contributed by atoms with Crippen molar-refractivity contribution < 1.29 is 24.2 Å². The Balaban J connectivity index is 1.77. The number of nitrogens with one attached hydrogen (secondary N) is 1. The predicted octanol–water partition coefficient (Wildman–Crippen LogP) is 5.46. The van der Waals surface area contributed by atoms with E-state index in [1.54, 1.807) is 57.2 Å². The van der Waals surface area contributed by atoms with Gasteiger partial charge in [-0.2, -0.15) is 5.26 Å². The Labute approximate surface area is 204 Å². The van der Waals surface area contributed by atoms with Gasteiger partial charge in [0, 0.05) is 12.1 Å². The third-order valence-electron chi connectivity index (χ3n) is 4.93. The van der Waals surface area contributed by atoms with Crippen LogP contribution in [-0.4, -0.2) is 22.8 Å². The van der Waals surface area contributed by atoms with Crippen LogP contribution in [0.4, 0.5) is 4.79 Å². The quantitative estimate of drug-likeness (QED) is 0.451. The van der Waals surface area contributed by atoms with Crippen LogP contribution in [0.5, 0.6) is 5.75 Å². The minimum atomic E-state index is -0.934. The molecule has 0 aliphatic heterocycles. The fourth-order valence-corrected chi connectivity index (χ4v) is 3.47. The molecule has 1 amide bonds.